The zero-order valence-corrected chi connectivity index (χ0v) is 7.34. The molecule has 0 aliphatic carbocycles. The summed E-state index contributed by atoms with van der Waals surface area (Å²) in [4.78, 5) is 3.54. The third-order valence-corrected chi connectivity index (χ3v) is 1.93. The van der Waals surface area contributed by atoms with Crippen LogP contribution in [0.25, 0.3) is 0 Å². The first-order valence-corrected chi connectivity index (χ1v) is 3.76. The standard InChI is InChI=1S/C8H9F3N2O/c1-7(14,8(9,10)11)5-2-3-13-4-6(5)12/h2-4,14H,12H2,1H3/t7-/m0/s1. The number of nitrogen functional groups attached to an aromatic ring is 1. The number of hydrogen-bond acceptors (Lipinski definition) is 3. The van der Waals surface area contributed by atoms with Gasteiger partial charge in [0.05, 0.1) is 11.9 Å². The molecule has 78 valence electrons. The number of halogens is 3. The van der Waals surface area contributed by atoms with Crippen molar-refractivity contribution in [2.45, 2.75) is 18.7 Å². The molecule has 14 heavy (non-hydrogen) atoms. The van der Waals surface area contributed by atoms with E-state index in [4.69, 9.17) is 5.73 Å². The maximum atomic E-state index is 12.4. The Morgan fingerprint density at radius 1 is 1.43 bits per heavy atom. The molecule has 0 unspecified atom stereocenters. The van der Waals surface area contributed by atoms with Gasteiger partial charge in [-0.25, -0.2) is 0 Å². The summed E-state index contributed by atoms with van der Waals surface area (Å²) >= 11 is 0. The zero-order valence-electron chi connectivity index (χ0n) is 7.34. The van der Waals surface area contributed by atoms with Gasteiger partial charge in [-0.2, -0.15) is 13.2 Å². The number of rotatable bonds is 1. The van der Waals surface area contributed by atoms with E-state index in [1.54, 1.807) is 0 Å². The molecule has 3 N–H and O–H groups in total. The molecule has 3 nitrogen and oxygen atoms in total. The maximum absolute atomic E-state index is 12.4. The molecule has 0 fully saturated rings. The largest absolute Gasteiger partial charge is 0.421 e. The molecule has 0 bridgehead atoms. The fourth-order valence-electron chi connectivity index (χ4n) is 1.00. The van der Waals surface area contributed by atoms with E-state index < -0.39 is 11.8 Å². The second-order valence-electron chi connectivity index (χ2n) is 3.03. The van der Waals surface area contributed by atoms with Crippen LogP contribution in [-0.4, -0.2) is 16.3 Å². The summed E-state index contributed by atoms with van der Waals surface area (Å²) in [6, 6.07) is 1.04. The molecular formula is C8H9F3N2O. The van der Waals surface area contributed by atoms with Gasteiger partial charge < -0.3 is 10.8 Å². The monoisotopic (exact) mass is 206 g/mol. The first kappa shape index (κ1) is 10.8. The van der Waals surface area contributed by atoms with Crippen molar-refractivity contribution in [2.75, 3.05) is 5.73 Å². The number of aromatic nitrogens is 1. The Hall–Kier alpha value is -1.30. The minimum atomic E-state index is -4.76. The minimum absolute atomic E-state index is 0.185. The quantitative estimate of drug-likeness (QED) is 0.730. The number of pyridine rings is 1. The number of hydrogen-bond donors (Lipinski definition) is 2. The normalized spacial score (nSPS) is 16.4. The summed E-state index contributed by atoms with van der Waals surface area (Å²) < 4.78 is 37.1. The van der Waals surface area contributed by atoms with Crippen molar-refractivity contribution in [1.29, 1.82) is 0 Å². The van der Waals surface area contributed by atoms with E-state index in [1.807, 2.05) is 0 Å². The first-order valence-electron chi connectivity index (χ1n) is 3.76. The number of aliphatic hydroxyl groups is 1. The highest BCUT2D eigenvalue weighted by molar-refractivity contribution is 5.47. The zero-order chi connectivity index (χ0) is 11.0. The van der Waals surface area contributed by atoms with E-state index in [0.29, 0.717) is 6.92 Å². The van der Waals surface area contributed by atoms with Crippen LogP contribution in [0.4, 0.5) is 18.9 Å². The molecular weight excluding hydrogens is 197 g/mol. The van der Waals surface area contributed by atoms with Crippen LogP contribution in [0.3, 0.4) is 0 Å². The van der Waals surface area contributed by atoms with E-state index >= 15 is 0 Å². The van der Waals surface area contributed by atoms with Crippen LogP contribution in [-0.2, 0) is 5.60 Å². The molecule has 6 heteroatoms. The van der Waals surface area contributed by atoms with E-state index in [9.17, 15) is 18.3 Å². The van der Waals surface area contributed by atoms with Gasteiger partial charge >= 0.3 is 6.18 Å². The van der Waals surface area contributed by atoms with Crippen molar-refractivity contribution in [3.63, 3.8) is 0 Å². The molecule has 0 saturated heterocycles. The van der Waals surface area contributed by atoms with Crippen molar-refractivity contribution >= 4 is 5.69 Å². The summed E-state index contributed by atoms with van der Waals surface area (Å²) in [6.45, 7) is 0.651. The number of anilines is 1. The Bertz CT molecular complexity index is 336. The van der Waals surface area contributed by atoms with E-state index in [-0.39, 0.29) is 11.3 Å². The van der Waals surface area contributed by atoms with Crippen LogP contribution in [0, 0.1) is 0 Å². The van der Waals surface area contributed by atoms with Gasteiger partial charge in [-0.1, -0.05) is 0 Å². The summed E-state index contributed by atoms with van der Waals surface area (Å²) in [5.41, 5.74) is 1.76. The average molecular weight is 206 g/mol. The van der Waals surface area contributed by atoms with Gasteiger partial charge in [0.2, 0.25) is 0 Å². The highest BCUT2D eigenvalue weighted by atomic mass is 19.4. The maximum Gasteiger partial charge on any atom is 0.421 e. The molecule has 0 spiro atoms. The molecule has 0 amide bonds. The van der Waals surface area contributed by atoms with Crippen LogP contribution in [0.2, 0.25) is 0 Å². The Labute approximate surface area is 78.4 Å². The van der Waals surface area contributed by atoms with Crippen molar-refractivity contribution < 1.29 is 18.3 Å². The van der Waals surface area contributed by atoms with E-state index in [0.717, 1.165) is 18.5 Å². The van der Waals surface area contributed by atoms with Gasteiger partial charge in [0.15, 0.2) is 5.60 Å². The second-order valence-corrected chi connectivity index (χ2v) is 3.03. The molecule has 1 aromatic heterocycles. The molecule has 0 aromatic carbocycles. The molecule has 0 aliphatic rings. The predicted molar refractivity (Wildman–Crippen MR) is 44.3 cm³/mol. The molecule has 1 aromatic rings. The topological polar surface area (TPSA) is 59.1 Å². The van der Waals surface area contributed by atoms with Crippen molar-refractivity contribution in [3.05, 3.63) is 24.0 Å². The summed E-state index contributed by atoms with van der Waals surface area (Å²) in [5.74, 6) is 0. The minimum Gasteiger partial charge on any atom is -0.397 e. The van der Waals surface area contributed by atoms with Crippen LogP contribution in [0.5, 0.6) is 0 Å². The third kappa shape index (κ3) is 1.65. The van der Waals surface area contributed by atoms with E-state index in [1.165, 1.54) is 0 Å². The smallest absolute Gasteiger partial charge is 0.397 e. The molecule has 0 aliphatic heterocycles. The fourth-order valence-corrected chi connectivity index (χ4v) is 1.00. The highest BCUT2D eigenvalue weighted by Crippen LogP contribution is 2.40. The molecule has 0 radical (unpaired) electrons. The van der Waals surface area contributed by atoms with Gasteiger partial charge in [0.1, 0.15) is 0 Å². The van der Waals surface area contributed by atoms with Gasteiger partial charge in [-0.3, -0.25) is 4.98 Å². The fraction of sp³-hybridized carbons (Fsp3) is 0.375. The van der Waals surface area contributed by atoms with Crippen molar-refractivity contribution in [1.82, 2.24) is 4.98 Å². The SMILES string of the molecule is C[C@](O)(c1ccncc1N)C(F)(F)F. The molecule has 0 saturated carbocycles. The van der Waals surface area contributed by atoms with Crippen LogP contribution >= 0.6 is 0 Å². The highest BCUT2D eigenvalue weighted by Gasteiger charge is 2.51. The molecule has 1 atom stereocenters. The average Bonchev–Trinajstić information content (AvgIpc) is 2.02. The van der Waals surface area contributed by atoms with Crippen LogP contribution in [0.1, 0.15) is 12.5 Å². The lowest BCUT2D eigenvalue weighted by molar-refractivity contribution is -0.258. The molecule has 1 heterocycles. The number of alkyl halides is 3. The lowest BCUT2D eigenvalue weighted by atomic mass is 9.95. The van der Waals surface area contributed by atoms with Gasteiger partial charge in [-0.05, 0) is 13.0 Å². The lowest BCUT2D eigenvalue weighted by Gasteiger charge is -2.27. The second kappa shape index (κ2) is 3.13. The van der Waals surface area contributed by atoms with Crippen molar-refractivity contribution in [2.24, 2.45) is 0 Å². The summed E-state index contributed by atoms with van der Waals surface area (Å²) in [7, 11) is 0. The Morgan fingerprint density at radius 2 is 2.00 bits per heavy atom. The van der Waals surface area contributed by atoms with Gasteiger partial charge in [0.25, 0.3) is 0 Å². The van der Waals surface area contributed by atoms with Crippen LogP contribution < -0.4 is 5.73 Å². The number of nitrogens with two attached hydrogens (primary N) is 1. The van der Waals surface area contributed by atoms with Gasteiger partial charge in [-0.15, -0.1) is 0 Å². The Morgan fingerprint density at radius 3 is 2.43 bits per heavy atom. The summed E-state index contributed by atoms with van der Waals surface area (Å²) in [6.07, 6.45) is -2.55. The Kier molecular flexibility index (Phi) is 2.41. The lowest BCUT2D eigenvalue weighted by Crippen LogP contribution is -2.39. The van der Waals surface area contributed by atoms with E-state index in [2.05, 4.69) is 4.98 Å². The van der Waals surface area contributed by atoms with Crippen molar-refractivity contribution in [3.8, 4) is 0 Å². The first-order chi connectivity index (χ1) is 6.27. The summed E-state index contributed by atoms with van der Waals surface area (Å²) in [5, 5.41) is 9.27. The predicted octanol–water partition coefficient (Wildman–Crippen LogP) is 1.43. The van der Waals surface area contributed by atoms with Crippen LogP contribution in [0.15, 0.2) is 18.5 Å². The number of nitrogens with zero attached hydrogens (tertiary/aromatic N) is 1. The molecule has 1 rings (SSSR count). The Balaban J connectivity index is 3.23. The third-order valence-electron chi connectivity index (χ3n) is 1.93. The van der Waals surface area contributed by atoms with Gasteiger partial charge in [0, 0.05) is 11.8 Å².